The number of carbonyl (C=O) groups is 1. The average Bonchev–Trinajstić information content (AvgIpc) is 2.92. The summed E-state index contributed by atoms with van der Waals surface area (Å²) in [4.78, 5) is 12.8. The molecule has 0 saturated heterocycles. The highest BCUT2D eigenvalue weighted by atomic mass is 127. The Morgan fingerprint density at radius 3 is 2.61 bits per heavy atom. The van der Waals surface area contributed by atoms with E-state index in [0.717, 1.165) is 17.1 Å². The molecule has 0 bridgehead atoms. The second kappa shape index (κ2) is 7.46. The Kier molecular flexibility index (Phi) is 5.37. The van der Waals surface area contributed by atoms with Crippen molar-refractivity contribution in [3.05, 3.63) is 56.7 Å². The highest BCUT2D eigenvalue weighted by Crippen LogP contribution is 2.35. The minimum absolute atomic E-state index is 0.0148. The molecule has 1 N–H and O–H groups in total. The van der Waals surface area contributed by atoms with Gasteiger partial charge in [-0.15, -0.1) is 0 Å². The van der Waals surface area contributed by atoms with E-state index in [0.29, 0.717) is 14.8 Å². The predicted molar refractivity (Wildman–Crippen MR) is 107 cm³/mol. The molecule has 0 aromatic heterocycles. The number of benzene rings is 2. The first-order valence-electron chi connectivity index (χ1n) is 7.97. The summed E-state index contributed by atoms with van der Waals surface area (Å²) in [6, 6.07) is 7.63. The van der Waals surface area contributed by atoms with Gasteiger partial charge in [0.15, 0.2) is 11.5 Å². The monoisotopic (exact) mass is 502 g/mol. The third-order valence-electron chi connectivity index (χ3n) is 4.06. The van der Waals surface area contributed by atoms with Crippen molar-refractivity contribution >= 4 is 46.0 Å². The Bertz CT molecular complexity index is 1020. The smallest absolute Gasteiger partial charge is 0.416 e. The number of hydrogen-bond acceptors (Lipinski definition) is 4. The zero-order valence-corrected chi connectivity index (χ0v) is 16.9. The number of phenols is 1. The molecule has 5 nitrogen and oxygen atoms in total. The van der Waals surface area contributed by atoms with Crippen molar-refractivity contribution in [3.63, 3.8) is 0 Å². The van der Waals surface area contributed by atoms with Crippen LogP contribution in [0.5, 0.6) is 11.5 Å². The molecule has 9 heteroatoms. The minimum atomic E-state index is -4.52. The minimum Gasteiger partial charge on any atom is -0.504 e. The van der Waals surface area contributed by atoms with Crippen LogP contribution in [0.2, 0.25) is 0 Å². The summed E-state index contributed by atoms with van der Waals surface area (Å²) in [5, 5.41) is 15.0. The van der Waals surface area contributed by atoms with E-state index in [9.17, 15) is 23.1 Å². The highest BCUT2D eigenvalue weighted by Gasteiger charge is 2.33. The van der Waals surface area contributed by atoms with Gasteiger partial charge in [0, 0.05) is 0 Å². The third kappa shape index (κ3) is 3.84. The quantitative estimate of drug-likeness (QED) is 0.484. The van der Waals surface area contributed by atoms with Crippen LogP contribution in [0.15, 0.2) is 47.1 Å². The van der Waals surface area contributed by atoms with E-state index in [4.69, 9.17) is 4.74 Å². The first kappa shape index (κ1) is 20.2. The Labute approximate surface area is 172 Å². The van der Waals surface area contributed by atoms with Crippen molar-refractivity contribution in [2.45, 2.75) is 13.1 Å². The van der Waals surface area contributed by atoms with Crippen LogP contribution in [0.3, 0.4) is 0 Å². The van der Waals surface area contributed by atoms with Crippen LogP contribution in [0, 0.1) is 3.57 Å². The number of hydrogen-bond donors (Lipinski definition) is 1. The molecule has 28 heavy (non-hydrogen) atoms. The SMILES string of the molecule is COc1cc(C=C2C(=O)N(c3cccc(C(F)(F)F)c3)N=C2C)cc(I)c1O. The second-order valence-corrected chi connectivity index (χ2v) is 7.12. The van der Waals surface area contributed by atoms with Crippen LogP contribution >= 0.6 is 22.6 Å². The lowest BCUT2D eigenvalue weighted by Crippen LogP contribution is -2.21. The Balaban J connectivity index is 1.98. The summed E-state index contributed by atoms with van der Waals surface area (Å²) in [7, 11) is 1.41. The molecule has 0 unspecified atom stereocenters. The van der Waals surface area contributed by atoms with Crippen LogP contribution in [0.1, 0.15) is 18.1 Å². The average molecular weight is 502 g/mol. The number of halogens is 4. The molecule has 0 saturated carbocycles. The molecule has 1 amide bonds. The van der Waals surface area contributed by atoms with Crippen molar-refractivity contribution in [2.75, 3.05) is 12.1 Å². The van der Waals surface area contributed by atoms with Gasteiger partial charge < -0.3 is 9.84 Å². The largest absolute Gasteiger partial charge is 0.504 e. The number of amides is 1. The van der Waals surface area contributed by atoms with Crippen molar-refractivity contribution in [2.24, 2.45) is 5.10 Å². The molecular weight excluding hydrogens is 488 g/mol. The van der Waals surface area contributed by atoms with Crippen molar-refractivity contribution in [3.8, 4) is 11.5 Å². The fraction of sp³-hybridized carbons (Fsp3) is 0.158. The molecule has 146 valence electrons. The lowest BCUT2D eigenvalue weighted by molar-refractivity contribution is -0.137. The fourth-order valence-corrected chi connectivity index (χ4v) is 3.30. The van der Waals surface area contributed by atoms with E-state index in [-0.39, 0.29) is 22.8 Å². The molecular formula is C19H14F3IN2O3. The van der Waals surface area contributed by atoms with Crippen LogP contribution in [-0.2, 0) is 11.0 Å². The van der Waals surface area contributed by atoms with Crippen LogP contribution in [0.4, 0.5) is 18.9 Å². The molecule has 0 fully saturated rings. The Morgan fingerprint density at radius 1 is 1.25 bits per heavy atom. The van der Waals surface area contributed by atoms with Crippen LogP contribution < -0.4 is 9.75 Å². The molecule has 0 spiro atoms. The third-order valence-corrected chi connectivity index (χ3v) is 4.88. The second-order valence-electron chi connectivity index (χ2n) is 5.96. The lowest BCUT2D eigenvalue weighted by Gasteiger charge is -2.14. The maximum atomic E-state index is 13.0. The number of ether oxygens (including phenoxy) is 1. The number of alkyl halides is 3. The van der Waals surface area contributed by atoms with Gasteiger partial charge in [-0.2, -0.15) is 23.3 Å². The normalized spacial score (nSPS) is 15.9. The first-order valence-corrected chi connectivity index (χ1v) is 9.05. The summed E-state index contributed by atoms with van der Waals surface area (Å²) in [5.41, 5.74) is 0.356. The Hall–Kier alpha value is -2.56. The van der Waals surface area contributed by atoms with E-state index in [1.807, 2.05) is 22.6 Å². The summed E-state index contributed by atoms with van der Waals surface area (Å²) in [6.07, 6.45) is -2.96. The number of rotatable bonds is 3. The number of anilines is 1. The van der Waals surface area contributed by atoms with E-state index >= 15 is 0 Å². The summed E-state index contributed by atoms with van der Waals surface area (Å²) in [6.45, 7) is 1.60. The zero-order chi connectivity index (χ0) is 20.6. The summed E-state index contributed by atoms with van der Waals surface area (Å²) < 4.78 is 44.5. The van der Waals surface area contributed by atoms with E-state index < -0.39 is 17.6 Å². The topological polar surface area (TPSA) is 62.1 Å². The molecule has 0 atom stereocenters. The van der Waals surface area contributed by atoms with Gasteiger partial charge in [0.2, 0.25) is 0 Å². The predicted octanol–water partition coefficient (Wildman–Crippen LogP) is 4.83. The van der Waals surface area contributed by atoms with Gasteiger partial charge in [0.1, 0.15) is 0 Å². The molecule has 3 rings (SSSR count). The van der Waals surface area contributed by atoms with Gasteiger partial charge in [-0.3, -0.25) is 4.79 Å². The van der Waals surface area contributed by atoms with Gasteiger partial charge in [0.25, 0.3) is 5.91 Å². The Morgan fingerprint density at radius 2 is 1.96 bits per heavy atom. The molecule has 1 aliphatic rings. The number of nitrogens with zero attached hydrogens (tertiary/aromatic N) is 2. The van der Waals surface area contributed by atoms with Gasteiger partial charge in [-0.25, -0.2) is 0 Å². The van der Waals surface area contributed by atoms with Gasteiger partial charge in [0.05, 0.1) is 33.2 Å². The summed E-state index contributed by atoms with van der Waals surface area (Å²) in [5.74, 6) is -0.314. The van der Waals surface area contributed by atoms with E-state index in [1.54, 1.807) is 25.1 Å². The molecule has 0 aliphatic carbocycles. The molecule has 1 aliphatic heterocycles. The van der Waals surface area contributed by atoms with Crippen molar-refractivity contribution < 1.29 is 27.8 Å². The lowest BCUT2D eigenvalue weighted by atomic mass is 10.1. The number of phenolic OH excluding ortho intramolecular Hbond substituents is 1. The molecule has 0 radical (unpaired) electrons. The number of aromatic hydroxyl groups is 1. The number of methoxy groups -OCH3 is 1. The standard InChI is InChI=1S/C19H14F3IN2O3/c1-10-14(6-11-7-15(23)17(26)16(8-11)28-2)18(27)25(24-10)13-5-3-4-12(9-13)19(20,21)22/h3-9,26H,1-2H3. The van der Waals surface area contributed by atoms with Gasteiger partial charge in [-0.1, -0.05) is 6.07 Å². The molecule has 2 aromatic rings. The van der Waals surface area contributed by atoms with E-state index in [1.165, 1.54) is 19.2 Å². The van der Waals surface area contributed by atoms with Crippen molar-refractivity contribution in [1.82, 2.24) is 0 Å². The fourth-order valence-electron chi connectivity index (χ4n) is 2.67. The molecule has 2 aromatic carbocycles. The maximum absolute atomic E-state index is 13.0. The van der Waals surface area contributed by atoms with Crippen LogP contribution in [0.25, 0.3) is 6.08 Å². The van der Waals surface area contributed by atoms with Crippen molar-refractivity contribution in [1.29, 1.82) is 0 Å². The zero-order valence-electron chi connectivity index (χ0n) is 14.7. The number of hydrazone groups is 1. The highest BCUT2D eigenvalue weighted by molar-refractivity contribution is 14.1. The summed E-state index contributed by atoms with van der Waals surface area (Å²) >= 11 is 1.93. The van der Waals surface area contributed by atoms with Gasteiger partial charge >= 0.3 is 6.18 Å². The van der Waals surface area contributed by atoms with Crippen LogP contribution in [-0.4, -0.2) is 23.8 Å². The van der Waals surface area contributed by atoms with E-state index in [2.05, 4.69) is 5.10 Å². The number of carbonyl (C=O) groups excluding carboxylic acids is 1. The van der Waals surface area contributed by atoms with Gasteiger partial charge in [-0.05, 0) is 71.5 Å². The maximum Gasteiger partial charge on any atom is 0.416 e. The first-order chi connectivity index (χ1) is 13.1. The molecule has 1 heterocycles.